The van der Waals surface area contributed by atoms with Crippen LogP contribution in [0.15, 0.2) is 18.2 Å². The van der Waals surface area contributed by atoms with Crippen LogP contribution >= 0.6 is 0 Å². The highest BCUT2D eigenvalue weighted by Crippen LogP contribution is 2.23. The molecular formula is C16H27FN2. The summed E-state index contributed by atoms with van der Waals surface area (Å²) in [5.74, 6) is -0.111. The molecule has 1 rings (SSSR count). The minimum atomic E-state index is -0.111. The number of halogens is 1. The molecule has 0 saturated carbocycles. The maximum Gasteiger partial charge on any atom is 0.129 e. The average molecular weight is 266 g/mol. The molecule has 1 N–H and O–H groups in total. The van der Waals surface area contributed by atoms with Crippen LogP contribution in [0.25, 0.3) is 0 Å². The topological polar surface area (TPSA) is 15.3 Å². The first-order valence-electron chi connectivity index (χ1n) is 7.35. The third kappa shape index (κ3) is 4.83. The molecule has 1 aromatic carbocycles. The quantitative estimate of drug-likeness (QED) is 0.766. The molecule has 0 aliphatic carbocycles. The summed E-state index contributed by atoms with van der Waals surface area (Å²) in [4.78, 5) is 2.27. The van der Waals surface area contributed by atoms with Crippen LogP contribution in [0, 0.1) is 5.82 Å². The number of unbranched alkanes of at least 4 members (excludes halogenated alkanes) is 1. The van der Waals surface area contributed by atoms with E-state index in [9.17, 15) is 4.39 Å². The molecule has 19 heavy (non-hydrogen) atoms. The molecular weight excluding hydrogens is 239 g/mol. The fraction of sp³-hybridized carbons (Fsp3) is 0.625. The lowest BCUT2D eigenvalue weighted by Gasteiger charge is -2.26. The molecule has 108 valence electrons. The van der Waals surface area contributed by atoms with Crippen molar-refractivity contribution in [2.45, 2.75) is 53.1 Å². The minimum Gasteiger partial charge on any atom is -0.371 e. The highest BCUT2D eigenvalue weighted by molar-refractivity contribution is 5.54. The Morgan fingerprint density at radius 1 is 1.26 bits per heavy atom. The van der Waals surface area contributed by atoms with Crippen LogP contribution in [0.5, 0.6) is 0 Å². The Labute approximate surface area is 117 Å². The van der Waals surface area contributed by atoms with E-state index in [4.69, 9.17) is 0 Å². The lowest BCUT2D eigenvalue weighted by atomic mass is 10.1. The number of nitrogens with one attached hydrogen (secondary N) is 1. The van der Waals surface area contributed by atoms with E-state index in [0.29, 0.717) is 12.6 Å². The molecule has 0 aromatic heterocycles. The summed E-state index contributed by atoms with van der Waals surface area (Å²) in [5, 5.41) is 3.31. The Kier molecular flexibility index (Phi) is 6.85. The molecule has 0 aliphatic rings. The molecule has 0 fully saturated rings. The lowest BCUT2D eigenvalue weighted by Crippen LogP contribution is -2.28. The normalized spacial score (nSPS) is 11.1. The average Bonchev–Trinajstić information content (AvgIpc) is 2.38. The Hall–Kier alpha value is -1.09. The van der Waals surface area contributed by atoms with Crippen molar-refractivity contribution >= 4 is 5.69 Å². The number of hydrogen-bond acceptors (Lipinski definition) is 2. The smallest absolute Gasteiger partial charge is 0.129 e. The van der Waals surface area contributed by atoms with E-state index in [2.05, 4.69) is 37.9 Å². The molecule has 3 heteroatoms. The van der Waals surface area contributed by atoms with Gasteiger partial charge in [0.15, 0.2) is 0 Å². The molecule has 0 heterocycles. The fourth-order valence-electron chi connectivity index (χ4n) is 2.12. The van der Waals surface area contributed by atoms with Gasteiger partial charge in [-0.1, -0.05) is 33.3 Å². The van der Waals surface area contributed by atoms with E-state index in [1.165, 1.54) is 0 Å². The monoisotopic (exact) mass is 266 g/mol. The van der Waals surface area contributed by atoms with Crippen LogP contribution in [0.4, 0.5) is 10.1 Å². The maximum atomic E-state index is 14.1. The van der Waals surface area contributed by atoms with Crippen LogP contribution in [-0.4, -0.2) is 19.1 Å². The number of rotatable bonds is 8. The highest BCUT2D eigenvalue weighted by atomic mass is 19.1. The summed E-state index contributed by atoms with van der Waals surface area (Å²) in [5.41, 5.74) is 1.82. The first-order chi connectivity index (χ1) is 9.10. The van der Waals surface area contributed by atoms with Crippen molar-refractivity contribution in [3.05, 3.63) is 29.6 Å². The van der Waals surface area contributed by atoms with Gasteiger partial charge in [0.1, 0.15) is 5.82 Å². The predicted octanol–water partition coefficient (Wildman–Crippen LogP) is 3.95. The van der Waals surface area contributed by atoms with Gasteiger partial charge in [-0.25, -0.2) is 4.39 Å². The van der Waals surface area contributed by atoms with E-state index in [1.54, 1.807) is 12.1 Å². The second-order valence-corrected chi connectivity index (χ2v) is 5.21. The van der Waals surface area contributed by atoms with E-state index in [-0.39, 0.29) is 5.82 Å². The van der Waals surface area contributed by atoms with Crippen molar-refractivity contribution < 1.29 is 4.39 Å². The van der Waals surface area contributed by atoms with Crippen LogP contribution in [0.1, 0.15) is 46.1 Å². The third-order valence-electron chi connectivity index (χ3n) is 3.29. The molecule has 0 bridgehead atoms. The molecule has 0 radical (unpaired) electrons. The van der Waals surface area contributed by atoms with Crippen molar-refractivity contribution in [3.8, 4) is 0 Å². The first-order valence-corrected chi connectivity index (χ1v) is 7.35. The molecule has 0 aliphatic heterocycles. The number of nitrogens with zero attached hydrogens (tertiary/aromatic N) is 1. The highest BCUT2D eigenvalue weighted by Gasteiger charge is 2.13. The maximum absolute atomic E-state index is 14.1. The van der Waals surface area contributed by atoms with Gasteiger partial charge in [0.2, 0.25) is 0 Å². The van der Waals surface area contributed by atoms with Gasteiger partial charge < -0.3 is 10.2 Å². The standard InChI is InChI=1S/C16H27FN2/c1-5-7-11-19(6-2)16-10-8-9-15(17)14(16)12-18-13(3)4/h8-10,13,18H,5-7,11-12H2,1-4H3. The van der Waals surface area contributed by atoms with Gasteiger partial charge >= 0.3 is 0 Å². The summed E-state index contributed by atoms with van der Waals surface area (Å²) < 4.78 is 14.1. The largest absolute Gasteiger partial charge is 0.371 e. The molecule has 0 unspecified atom stereocenters. The minimum absolute atomic E-state index is 0.111. The Morgan fingerprint density at radius 3 is 2.58 bits per heavy atom. The van der Waals surface area contributed by atoms with Crippen LogP contribution in [-0.2, 0) is 6.54 Å². The molecule has 0 saturated heterocycles. The van der Waals surface area contributed by atoms with E-state index in [0.717, 1.165) is 37.2 Å². The van der Waals surface area contributed by atoms with Gasteiger partial charge in [0, 0.05) is 36.9 Å². The van der Waals surface area contributed by atoms with Crippen molar-refractivity contribution in [3.63, 3.8) is 0 Å². The Bertz CT molecular complexity index is 377. The summed E-state index contributed by atoms with van der Waals surface area (Å²) in [6, 6.07) is 5.74. The number of anilines is 1. The van der Waals surface area contributed by atoms with Gasteiger partial charge in [0.05, 0.1) is 0 Å². The van der Waals surface area contributed by atoms with Crippen molar-refractivity contribution in [2.75, 3.05) is 18.0 Å². The van der Waals surface area contributed by atoms with Gasteiger partial charge in [-0.2, -0.15) is 0 Å². The van der Waals surface area contributed by atoms with E-state index in [1.807, 2.05) is 6.07 Å². The zero-order valence-corrected chi connectivity index (χ0v) is 12.7. The fourth-order valence-corrected chi connectivity index (χ4v) is 2.12. The van der Waals surface area contributed by atoms with Crippen molar-refractivity contribution in [1.29, 1.82) is 0 Å². The summed E-state index contributed by atoms with van der Waals surface area (Å²) in [6.45, 7) is 11.0. The number of hydrogen-bond donors (Lipinski definition) is 1. The number of benzene rings is 1. The van der Waals surface area contributed by atoms with Gasteiger partial charge in [-0.15, -0.1) is 0 Å². The second kappa shape index (κ2) is 8.16. The van der Waals surface area contributed by atoms with Crippen LogP contribution in [0.2, 0.25) is 0 Å². The molecule has 0 spiro atoms. The molecule has 1 aromatic rings. The van der Waals surface area contributed by atoms with E-state index >= 15 is 0 Å². The molecule has 0 atom stereocenters. The zero-order valence-electron chi connectivity index (χ0n) is 12.7. The third-order valence-corrected chi connectivity index (χ3v) is 3.29. The Balaban J connectivity index is 2.93. The first kappa shape index (κ1) is 16.0. The summed E-state index contributed by atoms with van der Waals surface area (Å²) in [6.07, 6.45) is 2.30. The van der Waals surface area contributed by atoms with Gasteiger partial charge in [-0.05, 0) is 25.5 Å². The molecule has 2 nitrogen and oxygen atoms in total. The van der Waals surface area contributed by atoms with Crippen LogP contribution in [0.3, 0.4) is 0 Å². The van der Waals surface area contributed by atoms with E-state index < -0.39 is 0 Å². The molecule has 0 amide bonds. The van der Waals surface area contributed by atoms with Gasteiger partial charge in [-0.3, -0.25) is 0 Å². The van der Waals surface area contributed by atoms with Crippen molar-refractivity contribution in [1.82, 2.24) is 5.32 Å². The van der Waals surface area contributed by atoms with Crippen molar-refractivity contribution in [2.24, 2.45) is 0 Å². The van der Waals surface area contributed by atoms with Crippen LogP contribution < -0.4 is 10.2 Å². The lowest BCUT2D eigenvalue weighted by molar-refractivity contribution is 0.551. The zero-order chi connectivity index (χ0) is 14.3. The SMILES string of the molecule is CCCCN(CC)c1cccc(F)c1CNC(C)C. The Morgan fingerprint density at radius 2 is 2.00 bits per heavy atom. The summed E-state index contributed by atoms with van der Waals surface area (Å²) >= 11 is 0. The second-order valence-electron chi connectivity index (χ2n) is 5.21. The van der Waals surface area contributed by atoms with Gasteiger partial charge in [0.25, 0.3) is 0 Å². The predicted molar refractivity (Wildman–Crippen MR) is 81.2 cm³/mol. The summed E-state index contributed by atoms with van der Waals surface area (Å²) in [7, 11) is 0.